The molecule has 0 unspecified atom stereocenters. The molecule has 0 fully saturated rings. The van der Waals surface area contributed by atoms with Crippen LogP contribution in [0.1, 0.15) is 0 Å². The Bertz CT molecular complexity index is 500. The summed E-state index contributed by atoms with van der Waals surface area (Å²) in [6.07, 6.45) is 1.46. The first-order valence-electron chi connectivity index (χ1n) is 5.71. The molecule has 1 aromatic rings. The van der Waals surface area contributed by atoms with Gasteiger partial charge in [0.15, 0.2) is 0 Å². The van der Waals surface area contributed by atoms with Gasteiger partial charge in [-0.3, -0.25) is 14.5 Å². The van der Waals surface area contributed by atoms with Gasteiger partial charge in [0.05, 0.1) is 13.1 Å². The van der Waals surface area contributed by atoms with Crippen LogP contribution in [0.15, 0.2) is 30.9 Å². The van der Waals surface area contributed by atoms with Crippen molar-refractivity contribution in [3.63, 3.8) is 0 Å². The maximum atomic E-state index is 12.9. The van der Waals surface area contributed by atoms with E-state index in [1.165, 1.54) is 11.0 Å². The van der Waals surface area contributed by atoms with E-state index in [0.29, 0.717) is 6.07 Å². The Morgan fingerprint density at radius 3 is 2.35 bits per heavy atom. The number of anilines is 1. The van der Waals surface area contributed by atoms with E-state index in [1.807, 2.05) is 0 Å². The third-order valence-electron chi connectivity index (χ3n) is 2.26. The van der Waals surface area contributed by atoms with Crippen molar-refractivity contribution in [2.24, 2.45) is 0 Å². The lowest BCUT2D eigenvalue weighted by Crippen LogP contribution is -2.37. The summed E-state index contributed by atoms with van der Waals surface area (Å²) in [4.78, 5) is 23.6. The lowest BCUT2D eigenvalue weighted by molar-refractivity contribution is -0.138. The molecule has 0 radical (unpaired) electrons. The van der Waals surface area contributed by atoms with Gasteiger partial charge in [0.25, 0.3) is 0 Å². The zero-order chi connectivity index (χ0) is 15.1. The highest BCUT2D eigenvalue weighted by atomic mass is 19.1. The second-order valence-electron chi connectivity index (χ2n) is 4.06. The minimum atomic E-state index is -1.09. The normalized spacial score (nSPS) is 10.3. The van der Waals surface area contributed by atoms with Crippen molar-refractivity contribution in [1.82, 2.24) is 4.90 Å². The highest BCUT2D eigenvalue weighted by molar-refractivity contribution is 5.92. The van der Waals surface area contributed by atoms with Crippen molar-refractivity contribution in [3.8, 4) is 0 Å². The average Bonchev–Trinajstić information content (AvgIpc) is 2.26. The number of benzene rings is 1. The fraction of sp³-hybridized carbons (Fsp3) is 0.231. The molecule has 0 bridgehead atoms. The van der Waals surface area contributed by atoms with Crippen LogP contribution in [0.2, 0.25) is 0 Å². The molecule has 0 aliphatic heterocycles. The van der Waals surface area contributed by atoms with Crippen molar-refractivity contribution in [1.29, 1.82) is 0 Å². The summed E-state index contributed by atoms with van der Waals surface area (Å²) < 4.78 is 25.9. The molecular formula is C13H14F2N2O3. The molecule has 5 nitrogen and oxygen atoms in total. The molecule has 1 rings (SSSR count). The van der Waals surface area contributed by atoms with E-state index in [9.17, 15) is 18.4 Å². The van der Waals surface area contributed by atoms with Crippen molar-refractivity contribution in [2.75, 3.05) is 25.0 Å². The molecule has 0 aromatic heterocycles. The number of carboxylic acids is 1. The van der Waals surface area contributed by atoms with E-state index in [-0.39, 0.29) is 25.3 Å². The molecule has 7 heteroatoms. The van der Waals surface area contributed by atoms with Crippen molar-refractivity contribution in [3.05, 3.63) is 42.5 Å². The quantitative estimate of drug-likeness (QED) is 0.744. The van der Waals surface area contributed by atoms with Crippen molar-refractivity contribution < 1.29 is 23.5 Å². The number of aliphatic carboxylic acids is 1. The predicted octanol–water partition coefficient (Wildman–Crippen LogP) is 1.48. The van der Waals surface area contributed by atoms with Crippen LogP contribution in [-0.2, 0) is 9.59 Å². The molecular weight excluding hydrogens is 270 g/mol. The zero-order valence-corrected chi connectivity index (χ0v) is 10.6. The van der Waals surface area contributed by atoms with Crippen LogP contribution in [0.5, 0.6) is 0 Å². The molecule has 108 valence electrons. The zero-order valence-electron chi connectivity index (χ0n) is 10.6. The molecule has 2 N–H and O–H groups in total. The molecule has 0 atom stereocenters. The van der Waals surface area contributed by atoms with Crippen LogP contribution in [0, 0.1) is 11.6 Å². The number of nitrogens with zero attached hydrogens (tertiary/aromatic N) is 1. The van der Waals surface area contributed by atoms with Gasteiger partial charge < -0.3 is 10.4 Å². The maximum Gasteiger partial charge on any atom is 0.317 e. The van der Waals surface area contributed by atoms with Gasteiger partial charge >= 0.3 is 5.97 Å². The SMILES string of the molecule is C=CCN(CC(=O)O)CC(=O)Nc1cc(F)cc(F)c1. The summed E-state index contributed by atoms with van der Waals surface area (Å²) in [5.41, 5.74) is -0.0265. The highest BCUT2D eigenvalue weighted by Gasteiger charge is 2.13. The van der Waals surface area contributed by atoms with Gasteiger partial charge in [0.1, 0.15) is 11.6 Å². The molecule has 0 aliphatic carbocycles. The Morgan fingerprint density at radius 2 is 1.85 bits per heavy atom. The van der Waals surface area contributed by atoms with Crippen LogP contribution in [-0.4, -0.2) is 41.5 Å². The number of amides is 1. The fourth-order valence-electron chi connectivity index (χ4n) is 1.59. The number of hydrogen-bond acceptors (Lipinski definition) is 3. The predicted molar refractivity (Wildman–Crippen MR) is 69.3 cm³/mol. The van der Waals surface area contributed by atoms with Gasteiger partial charge in [-0.25, -0.2) is 8.78 Å². The van der Waals surface area contributed by atoms with Gasteiger partial charge in [-0.05, 0) is 12.1 Å². The number of nitrogens with one attached hydrogen (secondary N) is 1. The minimum Gasteiger partial charge on any atom is -0.480 e. The Labute approximate surface area is 114 Å². The van der Waals surface area contributed by atoms with E-state index in [2.05, 4.69) is 11.9 Å². The van der Waals surface area contributed by atoms with Crippen LogP contribution in [0.3, 0.4) is 0 Å². The standard InChI is InChI=1S/C13H14F2N2O3/c1-2-3-17(8-13(19)20)7-12(18)16-11-5-9(14)4-10(15)6-11/h2,4-6H,1,3,7-8H2,(H,16,18)(H,19,20). The van der Waals surface area contributed by atoms with E-state index in [0.717, 1.165) is 12.1 Å². The Hall–Kier alpha value is -2.28. The van der Waals surface area contributed by atoms with Gasteiger partial charge in [-0.15, -0.1) is 6.58 Å². The first-order valence-corrected chi connectivity index (χ1v) is 5.71. The monoisotopic (exact) mass is 284 g/mol. The van der Waals surface area contributed by atoms with Crippen molar-refractivity contribution in [2.45, 2.75) is 0 Å². The molecule has 0 saturated carbocycles. The Morgan fingerprint density at radius 1 is 1.25 bits per heavy atom. The van der Waals surface area contributed by atoms with Gasteiger partial charge in [0, 0.05) is 18.3 Å². The van der Waals surface area contributed by atoms with Gasteiger partial charge in [0.2, 0.25) is 5.91 Å². The summed E-state index contributed by atoms with van der Waals surface area (Å²) in [6.45, 7) is 3.10. The smallest absolute Gasteiger partial charge is 0.317 e. The number of carboxylic acid groups (broad SMARTS) is 1. The second kappa shape index (κ2) is 7.34. The van der Waals surface area contributed by atoms with E-state index in [4.69, 9.17) is 5.11 Å². The molecule has 1 aromatic carbocycles. The molecule has 0 aliphatic rings. The van der Waals surface area contributed by atoms with Crippen LogP contribution >= 0.6 is 0 Å². The second-order valence-corrected chi connectivity index (χ2v) is 4.06. The lowest BCUT2D eigenvalue weighted by atomic mass is 10.3. The van der Waals surface area contributed by atoms with E-state index >= 15 is 0 Å². The summed E-state index contributed by atoms with van der Waals surface area (Å²) >= 11 is 0. The van der Waals surface area contributed by atoms with Crippen molar-refractivity contribution >= 4 is 17.6 Å². The third-order valence-corrected chi connectivity index (χ3v) is 2.26. The summed E-state index contributed by atoms with van der Waals surface area (Å²) in [5, 5.41) is 11.0. The number of carbonyl (C=O) groups excluding carboxylic acids is 1. The summed E-state index contributed by atoms with van der Waals surface area (Å²) in [7, 11) is 0. The average molecular weight is 284 g/mol. The van der Waals surface area contributed by atoms with Crippen LogP contribution in [0.4, 0.5) is 14.5 Å². The van der Waals surface area contributed by atoms with Crippen LogP contribution in [0.25, 0.3) is 0 Å². The van der Waals surface area contributed by atoms with Gasteiger partial charge in [-0.1, -0.05) is 6.08 Å². The topological polar surface area (TPSA) is 69.6 Å². The summed E-state index contributed by atoms with van der Waals surface area (Å²) in [6, 6.07) is 2.62. The van der Waals surface area contributed by atoms with E-state index in [1.54, 1.807) is 0 Å². The molecule has 0 saturated heterocycles. The maximum absolute atomic E-state index is 12.9. The molecule has 0 spiro atoms. The van der Waals surface area contributed by atoms with Crippen LogP contribution < -0.4 is 5.32 Å². The van der Waals surface area contributed by atoms with E-state index < -0.39 is 23.5 Å². The largest absolute Gasteiger partial charge is 0.480 e. The Kier molecular flexibility index (Phi) is 5.79. The Balaban J connectivity index is 2.64. The highest BCUT2D eigenvalue weighted by Crippen LogP contribution is 2.12. The lowest BCUT2D eigenvalue weighted by Gasteiger charge is -2.17. The first kappa shape index (κ1) is 15.8. The fourth-order valence-corrected chi connectivity index (χ4v) is 1.59. The number of carbonyl (C=O) groups is 2. The summed E-state index contributed by atoms with van der Waals surface area (Å²) in [5.74, 6) is -3.28. The number of rotatable bonds is 7. The first-order chi connectivity index (χ1) is 9.40. The number of hydrogen-bond donors (Lipinski definition) is 2. The third kappa shape index (κ3) is 5.57. The number of halogens is 2. The minimum absolute atomic E-state index is 0.0265. The molecule has 1 amide bonds. The van der Waals surface area contributed by atoms with Gasteiger partial charge in [-0.2, -0.15) is 0 Å². The molecule has 0 heterocycles. The molecule has 20 heavy (non-hydrogen) atoms.